The predicted octanol–water partition coefficient (Wildman–Crippen LogP) is 4.26. The molecule has 0 saturated heterocycles. The van der Waals surface area contributed by atoms with Gasteiger partial charge in [-0.2, -0.15) is 0 Å². The Balaban J connectivity index is 1.41. The molecule has 32 heavy (non-hydrogen) atoms. The molecule has 0 unspecified atom stereocenters. The van der Waals surface area contributed by atoms with Crippen molar-refractivity contribution in [2.45, 2.75) is 45.4 Å². The first-order chi connectivity index (χ1) is 15.4. The average molecular weight is 433 g/mol. The fraction of sp³-hybridized carbons (Fsp3) is 0.346. The molecule has 2 N–H and O–H groups in total. The van der Waals surface area contributed by atoms with E-state index in [4.69, 9.17) is 4.74 Å². The van der Waals surface area contributed by atoms with Crippen LogP contribution in [0.1, 0.15) is 49.7 Å². The van der Waals surface area contributed by atoms with Crippen LogP contribution in [0.2, 0.25) is 0 Å². The molecule has 1 heterocycles. The van der Waals surface area contributed by atoms with Gasteiger partial charge in [-0.25, -0.2) is 0 Å². The first-order valence-electron chi connectivity index (χ1n) is 11.1. The minimum atomic E-state index is -0.546. The van der Waals surface area contributed by atoms with Crippen molar-refractivity contribution in [2.24, 2.45) is 5.92 Å². The number of benzene rings is 2. The van der Waals surface area contributed by atoms with Crippen LogP contribution in [0.5, 0.6) is 5.75 Å². The largest absolute Gasteiger partial charge is 0.494 e. The van der Waals surface area contributed by atoms with Crippen molar-refractivity contribution in [1.82, 2.24) is 5.32 Å². The van der Waals surface area contributed by atoms with Crippen LogP contribution in [-0.2, 0) is 14.4 Å². The summed E-state index contributed by atoms with van der Waals surface area (Å²) >= 11 is 0. The fourth-order valence-corrected chi connectivity index (χ4v) is 4.58. The molecule has 1 aliphatic heterocycles. The second-order valence-corrected chi connectivity index (χ2v) is 8.44. The molecule has 2 atom stereocenters. The van der Waals surface area contributed by atoms with E-state index in [2.05, 4.69) is 16.7 Å². The highest BCUT2D eigenvalue weighted by atomic mass is 16.5. The van der Waals surface area contributed by atoms with Gasteiger partial charge in [0.2, 0.25) is 11.8 Å². The minimum absolute atomic E-state index is 0.0321. The normalized spacial score (nSPS) is 20.4. The van der Waals surface area contributed by atoms with E-state index in [1.165, 1.54) is 0 Å². The van der Waals surface area contributed by atoms with Gasteiger partial charge in [0.1, 0.15) is 5.75 Å². The predicted molar refractivity (Wildman–Crippen MR) is 122 cm³/mol. The maximum Gasteiger partial charge on any atom is 0.228 e. The van der Waals surface area contributed by atoms with Gasteiger partial charge in [0.15, 0.2) is 5.78 Å². The molecule has 2 aliphatic rings. The standard InChI is InChI=1S/C26H28N2O4/c1-3-32-20-10-8-19(9-11-20)27-25(30)15-18-12-22-23(28-26(18)31)13-17(14-24(22)29)21-7-5-4-6-16(21)2/h4-11,17-18H,3,12-15H2,1-2H3,(H,27,30)(H,28,31)/t17-,18+/m0/s1. The number of carbonyl (C=O) groups is 3. The number of rotatable bonds is 6. The lowest BCUT2D eigenvalue weighted by molar-refractivity contribution is -0.129. The van der Waals surface area contributed by atoms with Gasteiger partial charge < -0.3 is 15.4 Å². The molecule has 4 rings (SSSR count). The summed E-state index contributed by atoms with van der Waals surface area (Å²) in [6.45, 7) is 4.53. The fourth-order valence-electron chi connectivity index (χ4n) is 4.58. The van der Waals surface area contributed by atoms with E-state index in [0.717, 1.165) is 22.6 Å². The molecule has 0 spiro atoms. The number of Topliss-reactive ketones (excluding diaryl/α,β-unsaturated/α-hetero) is 1. The first kappa shape index (κ1) is 21.8. The van der Waals surface area contributed by atoms with Crippen molar-refractivity contribution in [2.75, 3.05) is 11.9 Å². The highest BCUT2D eigenvalue weighted by Crippen LogP contribution is 2.39. The SMILES string of the molecule is CCOc1ccc(NC(=O)C[C@H]2CC3=C(C[C@H](c4ccccc4C)CC3=O)NC2=O)cc1. The summed E-state index contributed by atoms with van der Waals surface area (Å²) in [6, 6.07) is 15.2. The number of hydrogen-bond donors (Lipinski definition) is 2. The Hall–Kier alpha value is -3.41. The summed E-state index contributed by atoms with van der Waals surface area (Å²) in [6.07, 6.45) is 1.43. The van der Waals surface area contributed by atoms with Crippen LogP contribution in [0.15, 0.2) is 59.8 Å². The van der Waals surface area contributed by atoms with Gasteiger partial charge in [-0.05, 0) is 68.0 Å². The summed E-state index contributed by atoms with van der Waals surface area (Å²) in [5, 5.41) is 5.75. The smallest absolute Gasteiger partial charge is 0.228 e. The number of anilines is 1. The van der Waals surface area contributed by atoms with Crippen LogP contribution in [0.4, 0.5) is 5.69 Å². The minimum Gasteiger partial charge on any atom is -0.494 e. The van der Waals surface area contributed by atoms with Crippen molar-refractivity contribution in [3.05, 3.63) is 70.9 Å². The Morgan fingerprint density at radius 3 is 2.53 bits per heavy atom. The Kier molecular flexibility index (Phi) is 6.40. The number of allylic oxidation sites excluding steroid dienone is 2. The van der Waals surface area contributed by atoms with E-state index < -0.39 is 5.92 Å². The van der Waals surface area contributed by atoms with Crippen molar-refractivity contribution in [3.63, 3.8) is 0 Å². The maximum absolute atomic E-state index is 12.9. The van der Waals surface area contributed by atoms with Gasteiger partial charge in [-0.1, -0.05) is 24.3 Å². The van der Waals surface area contributed by atoms with Crippen LogP contribution in [0.3, 0.4) is 0 Å². The van der Waals surface area contributed by atoms with Gasteiger partial charge in [0, 0.05) is 29.8 Å². The van der Waals surface area contributed by atoms with Crippen molar-refractivity contribution in [1.29, 1.82) is 0 Å². The average Bonchev–Trinajstić information content (AvgIpc) is 2.76. The summed E-state index contributed by atoms with van der Waals surface area (Å²) in [5.41, 5.74) is 4.35. The molecule has 0 aromatic heterocycles. The molecule has 6 heteroatoms. The molecule has 2 aromatic carbocycles. The van der Waals surface area contributed by atoms with Crippen LogP contribution in [0, 0.1) is 12.8 Å². The van der Waals surface area contributed by atoms with Crippen LogP contribution >= 0.6 is 0 Å². The van der Waals surface area contributed by atoms with E-state index in [9.17, 15) is 14.4 Å². The number of amides is 2. The quantitative estimate of drug-likeness (QED) is 0.714. The summed E-state index contributed by atoms with van der Waals surface area (Å²) in [4.78, 5) is 38.2. The maximum atomic E-state index is 12.9. The number of hydrogen-bond acceptors (Lipinski definition) is 4. The topological polar surface area (TPSA) is 84.5 Å². The lowest BCUT2D eigenvalue weighted by Crippen LogP contribution is -2.41. The monoisotopic (exact) mass is 432 g/mol. The molecule has 2 amide bonds. The second kappa shape index (κ2) is 9.39. The van der Waals surface area contributed by atoms with Crippen LogP contribution < -0.4 is 15.4 Å². The van der Waals surface area contributed by atoms with Gasteiger partial charge in [0.05, 0.1) is 12.5 Å². The number of ketones is 1. The molecule has 6 nitrogen and oxygen atoms in total. The highest BCUT2D eigenvalue weighted by molar-refractivity contribution is 6.02. The zero-order valence-electron chi connectivity index (χ0n) is 18.4. The zero-order chi connectivity index (χ0) is 22.7. The van der Waals surface area contributed by atoms with E-state index in [0.29, 0.717) is 37.1 Å². The van der Waals surface area contributed by atoms with Crippen molar-refractivity contribution in [3.8, 4) is 5.75 Å². The Morgan fingerprint density at radius 2 is 1.81 bits per heavy atom. The number of carbonyl (C=O) groups excluding carboxylic acids is 3. The third-order valence-corrected chi connectivity index (χ3v) is 6.19. The van der Waals surface area contributed by atoms with E-state index in [-0.39, 0.29) is 29.9 Å². The van der Waals surface area contributed by atoms with E-state index >= 15 is 0 Å². The van der Waals surface area contributed by atoms with Crippen molar-refractivity contribution < 1.29 is 19.1 Å². The summed E-state index contributed by atoms with van der Waals surface area (Å²) in [5.74, 6) is -0.117. The molecule has 1 aliphatic carbocycles. The summed E-state index contributed by atoms with van der Waals surface area (Å²) in [7, 11) is 0. The third kappa shape index (κ3) is 4.74. The zero-order valence-corrected chi connectivity index (χ0v) is 18.4. The van der Waals surface area contributed by atoms with E-state index in [1.54, 1.807) is 24.3 Å². The Labute approximate surface area is 188 Å². The Bertz CT molecular complexity index is 1070. The van der Waals surface area contributed by atoms with Crippen LogP contribution in [0.25, 0.3) is 0 Å². The van der Waals surface area contributed by atoms with Gasteiger partial charge in [-0.15, -0.1) is 0 Å². The number of ether oxygens (including phenoxy) is 1. The van der Waals surface area contributed by atoms with E-state index in [1.807, 2.05) is 32.0 Å². The third-order valence-electron chi connectivity index (χ3n) is 6.19. The molecular formula is C26H28N2O4. The number of nitrogens with one attached hydrogen (secondary N) is 2. The number of aryl methyl sites for hydroxylation is 1. The molecule has 0 bridgehead atoms. The lowest BCUT2D eigenvalue weighted by Gasteiger charge is -2.33. The van der Waals surface area contributed by atoms with Crippen molar-refractivity contribution >= 4 is 23.3 Å². The van der Waals surface area contributed by atoms with Gasteiger partial charge >= 0.3 is 0 Å². The Morgan fingerprint density at radius 1 is 1.06 bits per heavy atom. The molecule has 0 saturated carbocycles. The summed E-state index contributed by atoms with van der Waals surface area (Å²) < 4.78 is 5.40. The molecule has 0 fully saturated rings. The molecular weight excluding hydrogens is 404 g/mol. The second-order valence-electron chi connectivity index (χ2n) is 8.44. The highest BCUT2D eigenvalue weighted by Gasteiger charge is 2.37. The molecule has 2 aromatic rings. The lowest BCUT2D eigenvalue weighted by atomic mass is 9.76. The van der Waals surface area contributed by atoms with Gasteiger partial charge in [-0.3, -0.25) is 14.4 Å². The first-order valence-corrected chi connectivity index (χ1v) is 11.1. The molecule has 166 valence electrons. The van der Waals surface area contributed by atoms with Gasteiger partial charge in [0.25, 0.3) is 0 Å². The molecule has 0 radical (unpaired) electrons. The van der Waals surface area contributed by atoms with Crippen LogP contribution in [-0.4, -0.2) is 24.2 Å².